The van der Waals surface area contributed by atoms with E-state index in [1.807, 2.05) is 24.3 Å². The number of primary amides is 1. The van der Waals surface area contributed by atoms with Crippen molar-refractivity contribution in [3.63, 3.8) is 0 Å². The number of carbonyl (C=O) groups is 2. The number of halogens is 1. The molecule has 0 unspecified atom stereocenters. The molecule has 2 aromatic carbocycles. The summed E-state index contributed by atoms with van der Waals surface area (Å²) in [4.78, 5) is 24.8. The number of nitrogens with two attached hydrogens (primary N) is 1. The van der Waals surface area contributed by atoms with Gasteiger partial charge in [-0.25, -0.2) is 4.79 Å². The molecule has 6 heteroatoms. The first-order valence-electron chi connectivity index (χ1n) is 7.08. The van der Waals surface area contributed by atoms with Crippen LogP contribution in [0.4, 0.5) is 4.79 Å². The largest absolute Gasteiger partial charge is 0.352 e. The second-order valence-electron chi connectivity index (χ2n) is 5.17. The highest BCUT2D eigenvalue weighted by Gasteiger charge is 2.13. The zero-order valence-electron chi connectivity index (χ0n) is 12.8. The number of benzene rings is 2. The fourth-order valence-electron chi connectivity index (χ4n) is 2.13. The maximum Gasteiger partial charge on any atom is 0.312 e. The van der Waals surface area contributed by atoms with Crippen LogP contribution in [0.3, 0.4) is 0 Å². The minimum atomic E-state index is -0.571. The van der Waals surface area contributed by atoms with E-state index in [-0.39, 0.29) is 5.91 Å². The summed E-state index contributed by atoms with van der Waals surface area (Å²) >= 11 is 3.49. The fraction of sp³-hybridized carbons (Fsp3) is 0.176. The number of urea groups is 1. The average Bonchev–Trinajstić information content (AvgIpc) is 2.54. The van der Waals surface area contributed by atoms with E-state index < -0.39 is 6.03 Å². The highest BCUT2D eigenvalue weighted by Crippen LogP contribution is 2.18. The minimum Gasteiger partial charge on any atom is -0.352 e. The van der Waals surface area contributed by atoms with Gasteiger partial charge in [0.15, 0.2) is 0 Å². The Morgan fingerprint density at radius 1 is 1.13 bits per heavy atom. The highest BCUT2D eigenvalue weighted by atomic mass is 79.9. The lowest BCUT2D eigenvalue weighted by Crippen LogP contribution is -2.28. The summed E-state index contributed by atoms with van der Waals surface area (Å²) in [7, 11) is 1.77. The smallest absolute Gasteiger partial charge is 0.312 e. The van der Waals surface area contributed by atoms with Crippen LogP contribution in [0, 0.1) is 0 Å². The van der Waals surface area contributed by atoms with Crippen molar-refractivity contribution in [1.82, 2.24) is 10.2 Å². The van der Waals surface area contributed by atoms with Crippen LogP contribution in [0.5, 0.6) is 0 Å². The van der Waals surface area contributed by atoms with Gasteiger partial charge in [-0.15, -0.1) is 0 Å². The molecule has 0 aromatic heterocycles. The number of carbonyl (C=O) groups excluding carboxylic acids is 2. The van der Waals surface area contributed by atoms with Gasteiger partial charge in [0.25, 0.3) is 5.91 Å². The molecule has 0 bridgehead atoms. The molecule has 23 heavy (non-hydrogen) atoms. The number of hydrogen-bond donors (Lipinski definition) is 2. The minimum absolute atomic E-state index is 0.0600. The van der Waals surface area contributed by atoms with E-state index >= 15 is 0 Å². The number of hydrogen-bond acceptors (Lipinski definition) is 2. The average molecular weight is 376 g/mol. The number of rotatable bonds is 5. The van der Waals surface area contributed by atoms with Crippen LogP contribution in [0.2, 0.25) is 0 Å². The van der Waals surface area contributed by atoms with E-state index in [0.717, 1.165) is 15.6 Å². The second-order valence-corrected chi connectivity index (χ2v) is 6.02. The molecule has 3 amide bonds. The fourth-order valence-corrected chi connectivity index (χ4v) is 2.54. The summed E-state index contributed by atoms with van der Waals surface area (Å²) in [6, 6.07) is 14.3. The van der Waals surface area contributed by atoms with Gasteiger partial charge in [-0.05, 0) is 29.3 Å². The lowest BCUT2D eigenvalue weighted by atomic mass is 10.1. The van der Waals surface area contributed by atoms with Gasteiger partial charge in [0, 0.05) is 30.2 Å². The first-order valence-corrected chi connectivity index (χ1v) is 7.88. The summed E-state index contributed by atoms with van der Waals surface area (Å²) < 4.78 is 0.979. The quantitative estimate of drug-likeness (QED) is 0.842. The van der Waals surface area contributed by atoms with Gasteiger partial charge in [0.1, 0.15) is 0 Å². The molecule has 0 aliphatic carbocycles. The molecular weight excluding hydrogens is 358 g/mol. The zero-order chi connectivity index (χ0) is 16.8. The maximum atomic E-state index is 12.5. The van der Waals surface area contributed by atoms with Crippen LogP contribution in [-0.4, -0.2) is 23.9 Å². The Bertz CT molecular complexity index is 701. The van der Waals surface area contributed by atoms with Crippen LogP contribution in [0.15, 0.2) is 53.0 Å². The maximum absolute atomic E-state index is 12.5. The molecule has 2 aromatic rings. The number of amides is 3. The molecule has 0 fully saturated rings. The molecule has 0 saturated carbocycles. The Morgan fingerprint density at radius 3 is 2.39 bits per heavy atom. The Balaban J connectivity index is 2.02. The molecule has 0 saturated heterocycles. The SMILES string of the molecule is CN(Cc1ccccc1Br)C(=O)c1ccc(CNC(N)=O)cc1. The lowest BCUT2D eigenvalue weighted by Gasteiger charge is -2.18. The standard InChI is InChI=1S/C17H18BrN3O2/c1-21(11-14-4-2-3-5-15(14)18)16(22)13-8-6-12(7-9-13)10-20-17(19)23/h2-9H,10-11H2,1H3,(H3,19,20,23). The predicted octanol–water partition coefficient (Wildman–Crippen LogP) is 2.89. The Kier molecular flexibility index (Phi) is 5.76. The van der Waals surface area contributed by atoms with E-state index in [1.165, 1.54) is 0 Å². The van der Waals surface area contributed by atoms with Crippen molar-refractivity contribution in [1.29, 1.82) is 0 Å². The third kappa shape index (κ3) is 4.82. The van der Waals surface area contributed by atoms with Gasteiger partial charge in [-0.3, -0.25) is 4.79 Å². The molecule has 5 nitrogen and oxygen atoms in total. The third-order valence-corrected chi connectivity index (χ3v) is 4.15. The van der Waals surface area contributed by atoms with Crippen LogP contribution in [0.25, 0.3) is 0 Å². The van der Waals surface area contributed by atoms with E-state index in [2.05, 4.69) is 21.2 Å². The van der Waals surface area contributed by atoms with Crippen molar-refractivity contribution in [2.45, 2.75) is 13.1 Å². The van der Waals surface area contributed by atoms with Crippen molar-refractivity contribution in [3.8, 4) is 0 Å². The molecule has 0 aliphatic heterocycles. The van der Waals surface area contributed by atoms with Crippen molar-refractivity contribution in [3.05, 3.63) is 69.7 Å². The molecule has 0 heterocycles. The van der Waals surface area contributed by atoms with Gasteiger partial charge >= 0.3 is 6.03 Å². The molecular formula is C17H18BrN3O2. The normalized spacial score (nSPS) is 10.2. The molecule has 0 aliphatic rings. The number of nitrogens with one attached hydrogen (secondary N) is 1. The predicted molar refractivity (Wildman–Crippen MR) is 92.8 cm³/mol. The van der Waals surface area contributed by atoms with E-state index in [0.29, 0.717) is 18.7 Å². The van der Waals surface area contributed by atoms with Crippen molar-refractivity contribution < 1.29 is 9.59 Å². The summed E-state index contributed by atoms with van der Waals surface area (Å²) in [5.41, 5.74) is 7.56. The summed E-state index contributed by atoms with van der Waals surface area (Å²) in [6.45, 7) is 0.863. The van der Waals surface area contributed by atoms with Crippen molar-refractivity contribution in [2.24, 2.45) is 5.73 Å². The molecule has 0 radical (unpaired) electrons. The van der Waals surface area contributed by atoms with Gasteiger partial charge in [0.2, 0.25) is 0 Å². The van der Waals surface area contributed by atoms with E-state index in [9.17, 15) is 9.59 Å². The Labute approximate surface area is 143 Å². The van der Waals surface area contributed by atoms with Crippen molar-refractivity contribution in [2.75, 3.05) is 7.05 Å². The van der Waals surface area contributed by atoms with E-state index in [1.54, 1.807) is 36.2 Å². The van der Waals surface area contributed by atoms with Gasteiger partial charge in [-0.2, -0.15) is 0 Å². The summed E-state index contributed by atoms with van der Waals surface area (Å²) in [5.74, 6) is -0.0600. The van der Waals surface area contributed by atoms with Crippen molar-refractivity contribution >= 4 is 27.9 Å². The number of nitrogens with zero attached hydrogens (tertiary/aromatic N) is 1. The molecule has 2 rings (SSSR count). The highest BCUT2D eigenvalue weighted by molar-refractivity contribution is 9.10. The van der Waals surface area contributed by atoms with Gasteiger partial charge < -0.3 is 16.0 Å². The third-order valence-electron chi connectivity index (χ3n) is 3.38. The Morgan fingerprint density at radius 2 is 1.78 bits per heavy atom. The van der Waals surface area contributed by atoms with Crippen LogP contribution in [-0.2, 0) is 13.1 Å². The lowest BCUT2D eigenvalue weighted by molar-refractivity contribution is 0.0785. The van der Waals surface area contributed by atoms with E-state index in [4.69, 9.17) is 5.73 Å². The van der Waals surface area contributed by atoms with Crippen LogP contribution in [0.1, 0.15) is 21.5 Å². The molecule has 0 atom stereocenters. The molecule has 120 valence electrons. The molecule has 3 N–H and O–H groups in total. The molecule has 0 spiro atoms. The van der Waals surface area contributed by atoms with Gasteiger partial charge in [0.05, 0.1) is 0 Å². The first-order chi connectivity index (χ1) is 11.0. The Hall–Kier alpha value is -2.34. The monoisotopic (exact) mass is 375 g/mol. The summed E-state index contributed by atoms with van der Waals surface area (Å²) in [5, 5.41) is 2.51. The second kappa shape index (κ2) is 7.78. The van der Waals surface area contributed by atoms with Gasteiger partial charge in [-0.1, -0.05) is 46.3 Å². The van der Waals surface area contributed by atoms with Crippen LogP contribution >= 0.6 is 15.9 Å². The first kappa shape index (κ1) is 17.0. The van der Waals surface area contributed by atoms with Crippen LogP contribution < -0.4 is 11.1 Å². The summed E-state index contributed by atoms with van der Waals surface area (Å²) in [6.07, 6.45) is 0. The zero-order valence-corrected chi connectivity index (χ0v) is 14.3. The topological polar surface area (TPSA) is 75.4 Å².